The van der Waals surface area contributed by atoms with E-state index in [1.807, 2.05) is 26.0 Å². The largest absolute Gasteiger partial charge is 0.397 e. The van der Waals surface area contributed by atoms with E-state index in [1.54, 1.807) is 11.2 Å². The molecule has 5 heteroatoms. The van der Waals surface area contributed by atoms with E-state index >= 15 is 0 Å². The van der Waals surface area contributed by atoms with Gasteiger partial charge in [-0.15, -0.1) is 0 Å². The van der Waals surface area contributed by atoms with Crippen LogP contribution in [-0.4, -0.2) is 25.3 Å². The summed E-state index contributed by atoms with van der Waals surface area (Å²) in [5.74, 6) is 0. The Hall–Kier alpha value is -1.07. The average Bonchev–Trinajstić information content (AvgIpc) is 2.83. The number of nitrogen functional groups attached to an aromatic ring is 1. The maximum absolute atomic E-state index is 12.8. The van der Waals surface area contributed by atoms with Crippen molar-refractivity contribution in [2.24, 2.45) is 0 Å². The van der Waals surface area contributed by atoms with Crippen LogP contribution in [0, 0.1) is 13.8 Å². The van der Waals surface area contributed by atoms with Crippen molar-refractivity contribution in [3.63, 3.8) is 0 Å². The second-order valence-corrected chi connectivity index (χ2v) is 7.09. The maximum Gasteiger partial charge on any atom is 0.245 e. The molecule has 1 saturated heterocycles. The van der Waals surface area contributed by atoms with Gasteiger partial charge in [0.1, 0.15) is 4.90 Å². The Balaban J connectivity index is 2.54. The van der Waals surface area contributed by atoms with E-state index in [1.165, 1.54) is 0 Å². The second-order valence-electron chi connectivity index (χ2n) is 5.26. The van der Waals surface area contributed by atoms with Crippen LogP contribution in [0.15, 0.2) is 17.0 Å². The molecule has 19 heavy (non-hydrogen) atoms. The summed E-state index contributed by atoms with van der Waals surface area (Å²) in [7, 11) is -3.48. The predicted octanol–water partition coefficient (Wildman–Crippen LogP) is 2.45. The van der Waals surface area contributed by atoms with E-state index < -0.39 is 10.0 Å². The number of anilines is 1. The van der Waals surface area contributed by atoms with Gasteiger partial charge in [0.2, 0.25) is 10.0 Å². The van der Waals surface area contributed by atoms with Crippen molar-refractivity contribution in [1.29, 1.82) is 0 Å². The average molecular weight is 282 g/mol. The molecule has 0 aromatic heterocycles. The fraction of sp³-hybridized carbons (Fsp3) is 0.571. The molecule has 1 fully saturated rings. The molecule has 0 spiro atoms. The molecule has 1 aliphatic heterocycles. The lowest BCUT2D eigenvalue weighted by molar-refractivity contribution is 0.379. The van der Waals surface area contributed by atoms with Crippen LogP contribution in [0.1, 0.15) is 37.3 Å². The van der Waals surface area contributed by atoms with Gasteiger partial charge in [-0.05, 0) is 44.2 Å². The first-order chi connectivity index (χ1) is 8.89. The maximum atomic E-state index is 12.8. The monoisotopic (exact) mass is 282 g/mol. The van der Waals surface area contributed by atoms with Crippen molar-refractivity contribution in [3.05, 3.63) is 23.3 Å². The summed E-state index contributed by atoms with van der Waals surface area (Å²) in [6.07, 6.45) is 2.73. The molecule has 2 N–H and O–H groups in total. The lowest BCUT2D eigenvalue weighted by Gasteiger charge is -2.25. The molecule has 1 atom stereocenters. The van der Waals surface area contributed by atoms with Crippen LogP contribution < -0.4 is 5.73 Å². The molecule has 1 aliphatic rings. The predicted molar refractivity (Wildman–Crippen MR) is 77.5 cm³/mol. The topological polar surface area (TPSA) is 63.4 Å². The summed E-state index contributed by atoms with van der Waals surface area (Å²) in [6, 6.07) is 3.81. The molecule has 0 bridgehead atoms. The van der Waals surface area contributed by atoms with E-state index in [-0.39, 0.29) is 6.04 Å². The SMILES string of the molecule is CCC1CCCN1S(=O)(=O)c1c(C)ccc(C)c1N. The number of hydrogen-bond acceptors (Lipinski definition) is 3. The second kappa shape index (κ2) is 5.13. The number of sulfonamides is 1. The Morgan fingerprint density at radius 3 is 2.58 bits per heavy atom. The molecule has 0 amide bonds. The van der Waals surface area contributed by atoms with Gasteiger partial charge < -0.3 is 5.73 Å². The number of nitrogens with two attached hydrogens (primary N) is 1. The molecular formula is C14H22N2O2S. The zero-order chi connectivity index (χ0) is 14.2. The van der Waals surface area contributed by atoms with Gasteiger partial charge in [-0.2, -0.15) is 4.31 Å². The highest BCUT2D eigenvalue weighted by atomic mass is 32.2. The van der Waals surface area contributed by atoms with Crippen LogP contribution in [0.25, 0.3) is 0 Å². The van der Waals surface area contributed by atoms with Crippen molar-refractivity contribution < 1.29 is 8.42 Å². The third kappa shape index (κ3) is 2.37. The Labute approximate surface area is 115 Å². The molecule has 106 valence electrons. The Bertz CT molecular complexity index is 581. The van der Waals surface area contributed by atoms with Gasteiger partial charge in [0, 0.05) is 12.6 Å². The van der Waals surface area contributed by atoms with Crippen molar-refractivity contribution in [1.82, 2.24) is 4.31 Å². The molecule has 4 nitrogen and oxygen atoms in total. The van der Waals surface area contributed by atoms with Gasteiger partial charge in [0.25, 0.3) is 0 Å². The number of aryl methyl sites for hydroxylation is 2. The molecule has 1 unspecified atom stereocenters. The van der Waals surface area contributed by atoms with Crippen LogP contribution in [0.4, 0.5) is 5.69 Å². The molecule has 1 heterocycles. The van der Waals surface area contributed by atoms with Crippen molar-refractivity contribution in [3.8, 4) is 0 Å². The van der Waals surface area contributed by atoms with Crippen LogP contribution in [0.3, 0.4) is 0 Å². The van der Waals surface area contributed by atoms with Crippen molar-refractivity contribution >= 4 is 15.7 Å². The first-order valence-electron chi connectivity index (χ1n) is 6.77. The van der Waals surface area contributed by atoms with Crippen LogP contribution in [0.5, 0.6) is 0 Å². The summed E-state index contributed by atoms with van der Waals surface area (Å²) in [4.78, 5) is 0.299. The van der Waals surface area contributed by atoms with Crippen LogP contribution >= 0.6 is 0 Å². The van der Waals surface area contributed by atoms with E-state index in [0.29, 0.717) is 17.1 Å². The number of nitrogens with zero attached hydrogens (tertiary/aromatic N) is 1. The van der Waals surface area contributed by atoms with E-state index in [2.05, 4.69) is 0 Å². The normalized spacial score (nSPS) is 20.9. The summed E-state index contributed by atoms with van der Waals surface area (Å²) in [5, 5.41) is 0. The third-order valence-electron chi connectivity index (χ3n) is 3.97. The smallest absolute Gasteiger partial charge is 0.245 e. The Morgan fingerprint density at radius 1 is 1.32 bits per heavy atom. The summed E-state index contributed by atoms with van der Waals surface area (Å²) in [6.45, 7) is 6.29. The first kappa shape index (κ1) is 14.3. The number of rotatable bonds is 3. The molecule has 2 rings (SSSR count). The lowest BCUT2D eigenvalue weighted by Crippen LogP contribution is -2.36. The highest BCUT2D eigenvalue weighted by Crippen LogP contribution is 2.33. The van der Waals surface area contributed by atoms with Crippen LogP contribution in [-0.2, 0) is 10.0 Å². The van der Waals surface area contributed by atoms with Gasteiger partial charge in [0.15, 0.2) is 0 Å². The van der Waals surface area contributed by atoms with Crippen molar-refractivity contribution in [2.75, 3.05) is 12.3 Å². The lowest BCUT2D eigenvalue weighted by atomic mass is 10.1. The first-order valence-corrected chi connectivity index (χ1v) is 8.21. The molecule has 0 radical (unpaired) electrons. The van der Waals surface area contributed by atoms with Crippen LogP contribution in [0.2, 0.25) is 0 Å². The molecule has 0 saturated carbocycles. The quantitative estimate of drug-likeness (QED) is 0.866. The van der Waals surface area contributed by atoms with E-state index in [4.69, 9.17) is 5.73 Å². The molecule has 1 aromatic rings. The third-order valence-corrected chi connectivity index (χ3v) is 6.13. The highest BCUT2D eigenvalue weighted by molar-refractivity contribution is 7.89. The fourth-order valence-corrected chi connectivity index (χ4v) is 4.96. The fourth-order valence-electron chi connectivity index (χ4n) is 2.80. The molecule has 0 aliphatic carbocycles. The minimum absolute atomic E-state index is 0.115. The molecule has 1 aromatic carbocycles. The summed E-state index contributed by atoms with van der Waals surface area (Å²) >= 11 is 0. The standard InChI is InChI=1S/C14H22N2O2S/c1-4-12-6-5-9-16(12)19(17,18)14-11(3)8-7-10(2)13(14)15/h7-8,12H,4-6,9,15H2,1-3H3. The van der Waals surface area contributed by atoms with Gasteiger partial charge in [-0.25, -0.2) is 8.42 Å². The van der Waals surface area contributed by atoms with Gasteiger partial charge in [-0.1, -0.05) is 19.1 Å². The minimum atomic E-state index is -3.48. The minimum Gasteiger partial charge on any atom is -0.397 e. The molecular weight excluding hydrogens is 260 g/mol. The summed E-state index contributed by atoms with van der Waals surface area (Å²) in [5.41, 5.74) is 7.95. The zero-order valence-corrected chi connectivity index (χ0v) is 12.6. The van der Waals surface area contributed by atoms with Crippen molar-refractivity contribution in [2.45, 2.75) is 51.0 Å². The van der Waals surface area contributed by atoms with E-state index in [9.17, 15) is 8.42 Å². The highest BCUT2D eigenvalue weighted by Gasteiger charge is 2.36. The van der Waals surface area contributed by atoms with E-state index in [0.717, 1.165) is 30.4 Å². The Morgan fingerprint density at radius 2 is 1.95 bits per heavy atom. The van der Waals surface area contributed by atoms with Gasteiger partial charge in [-0.3, -0.25) is 0 Å². The number of benzene rings is 1. The van der Waals surface area contributed by atoms with Gasteiger partial charge >= 0.3 is 0 Å². The Kier molecular flexibility index (Phi) is 3.87. The summed E-state index contributed by atoms with van der Waals surface area (Å²) < 4.78 is 27.3. The zero-order valence-electron chi connectivity index (χ0n) is 11.8. The van der Waals surface area contributed by atoms with Gasteiger partial charge in [0.05, 0.1) is 5.69 Å². The number of hydrogen-bond donors (Lipinski definition) is 1.